The van der Waals surface area contributed by atoms with Gasteiger partial charge in [0.05, 0.1) is 21.3 Å². The van der Waals surface area contributed by atoms with E-state index in [1.165, 1.54) is 6.07 Å². The number of para-hydroxylation sites is 1. The number of aromatic nitrogens is 2. The Labute approximate surface area is 232 Å². The van der Waals surface area contributed by atoms with E-state index in [1.54, 1.807) is 18.2 Å². The number of fused-ring (bicyclic) bond motifs is 2. The summed E-state index contributed by atoms with van der Waals surface area (Å²) in [6.45, 7) is 2.37. The maximum atomic E-state index is 14.0. The summed E-state index contributed by atoms with van der Waals surface area (Å²) in [5.41, 5.74) is 5.57. The van der Waals surface area contributed by atoms with Gasteiger partial charge in [0.15, 0.2) is 0 Å². The van der Waals surface area contributed by atoms with Crippen LogP contribution in [0.25, 0.3) is 34.0 Å². The average Bonchev–Trinajstić information content (AvgIpc) is 3.25. The van der Waals surface area contributed by atoms with Gasteiger partial charge in [-0.2, -0.15) is 0 Å². The first-order chi connectivity index (χ1) is 18.4. The zero-order valence-electron chi connectivity index (χ0n) is 21.4. The Morgan fingerprint density at radius 1 is 0.974 bits per heavy atom. The number of anilines is 1. The van der Waals surface area contributed by atoms with Crippen molar-refractivity contribution in [3.63, 3.8) is 0 Å². The van der Waals surface area contributed by atoms with Crippen molar-refractivity contribution in [2.24, 2.45) is 0 Å². The molecule has 0 unspecified atom stereocenters. The summed E-state index contributed by atoms with van der Waals surface area (Å²) in [5, 5.41) is 6.52. The van der Waals surface area contributed by atoms with E-state index in [2.05, 4.69) is 53.3 Å². The van der Waals surface area contributed by atoms with Crippen LogP contribution in [0.15, 0.2) is 72.9 Å². The highest BCUT2D eigenvalue weighted by Gasteiger charge is 2.11. The van der Waals surface area contributed by atoms with Crippen LogP contribution >= 0.6 is 23.2 Å². The first kappa shape index (κ1) is 26.2. The van der Waals surface area contributed by atoms with Crippen LogP contribution in [0.5, 0.6) is 0 Å². The van der Waals surface area contributed by atoms with Crippen LogP contribution in [0.1, 0.15) is 23.2 Å². The molecule has 194 valence electrons. The van der Waals surface area contributed by atoms with Crippen LogP contribution in [0.4, 0.5) is 10.1 Å². The first-order valence-corrected chi connectivity index (χ1v) is 13.3. The summed E-state index contributed by atoms with van der Waals surface area (Å²) in [6, 6.07) is 20.7. The molecule has 2 aromatic heterocycles. The van der Waals surface area contributed by atoms with Crippen molar-refractivity contribution in [1.82, 2.24) is 14.5 Å². The Balaban J connectivity index is 1.47. The fourth-order valence-electron chi connectivity index (χ4n) is 4.64. The summed E-state index contributed by atoms with van der Waals surface area (Å²) in [6.07, 6.45) is 7.18. The first-order valence-electron chi connectivity index (χ1n) is 12.6. The molecule has 0 saturated carbocycles. The molecule has 5 rings (SSSR count). The van der Waals surface area contributed by atoms with Crippen molar-refractivity contribution in [1.29, 1.82) is 0 Å². The number of nitrogens with zero attached hydrogens (tertiary/aromatic N) is 3. The van der Waals surface area contributed by atoms with E-state index in [0.717, 1.165) is 63.8 Å². The lowest BCUT2D eigenvalue weighted by Gasteiger charge is -2.13. The van der Waals surface area contributed by atoms with Crippen molar-refractivity contribution in [2.45, 2.75) is 13.0 Å². The van der Waals surface area contributed by atoms with E-state index in [9.17, 15) is 4.39 Å². The molecule has 4 nitrogen and oxygen atoms in total. The van der Waals surface area contributed by atoms with E-state index < -0.39 is 0 Å². The average molecular weight is 548 g/mol. The maximum absolute atomic E-state index is 14.0. The number of nitrogens with one attached hydrogen (secondary N) is 1. The molecule has 2 heterocycles. The summed E-state index contributed by atoms with van der Waals surface area (Å²) in [7, 11) is 4.11. The second-order valence-electron chi connectivity index (χ2n) is 9.62. The summed E-state index contributed by atoms with van der Waals surface area (Å²) in [5.74, 6) is -0.272. The molecule has 0 amide bonds. The number of benzene rings is 3. The zero-order chi connectivity index (χ0) is 26.6. The molecule has 0 aliphatic carbocycles. The van der Waals surface area contributed by atoms with Crippen LogP contribution in [-0.2, 0) is 6.54 Å². The van der Waals surface area contributed by atoms with Gasteiger partial charge in [0.1, 0.15) is 5.82 Å². The van der Waals surface area contributed by atoms with Gasteiger partial charge in [0.25, 0.3) is 0 Å². The number of hydrogen-bond donors (Lipinski definition) is 1. The number of hydrogen-bond acceptors (Lipinski definition) is 3. The van der Waals surface area contributed by atoms with Crippen molar-refractivity contribution < 1.29 is 4.39 Å². The maximum Gasteiger partial charge on any atom is 0.124 e. The monoisotopic (exact) mass is 546 g/mol. The minimum atomic E-state index is -0.272. The lowest BCUT2D eigenvalue weighted by Crippen LogP contribution is -2.16. The highest BCUT2D eigenvalue weighted by atomic mass is 35.5. The predicted octanol–water partition coefficient (Wildman–Crippen LogP) is 8.22. The molecule has 0 spiro atoms. The zero-order valence-corrected chi connectivity index (χ0v) is 22.9. The Hall–Kier alpha value is -3.38. The fourth-order valence-corrected chi connectivity index (χ4v) is 5.02. The third-order valence-corrected chi connectivity index (χ3v) is 7.37. The molecule has 0 radical (unpaired) electrons. The quantitative estimate of drug-likeness (QED) is 0.189. The molecule has 7 heteroatoms. The van der Waals surface area contributed by atoms with Gasteiger partial charge in [0, 0.05) is 46.8 Å². The molecule has 38 heavy (non-hydrogen) atoms. The summed E-state index contributed by atoms with van der Waals surface area (Å²) < 4.78 is 16.2. The Morgan fingerprint density at radius 3 is 2.66 bits per heavy atom. The fraction of sp³-hybridized carbons (Fsp3) is 0.194. The molecule has 0 aliphatic rings. The second-order valence-corrected chi connectivity index (χ2v) is 10.4. The van der Waals surface area contributed by atoms with Crippen molar-refractivity contribution >= 4 is 62.8 Å². The number of rotatable bonds is 9. The van der Waals surface area contributed by atoms with Crippen molar-refractivity contribution in [2.75, 3.05) is 32.5 Å². The normalized spacial score (nSPS) is 11.8. The van der Waals surface area contributed by atoms with Gasteiger partial charge >= 0.3 is 0 Å². The van der Waals surface area contributed by atoms with Gasteiger partial charge in [-0.05, 0) is 75.1 Å². The molecule has 0 bridgehead atoms. The van der Waals surface area contributed by atoms with Gasteiger partial charge < -0.3 is 14.8 Å². The van der Waals surface area contributed by atoms with Crippen LogP contribution in [0.3, 0.4) is 0 Å². The third kappa shape index (κ3) is 5.86. The smallest absolute Gasteiger partial charge is 0.124 e. The van der Waals surface area contributed by atoms with E-state index in [0.29, 0.717) is 16.6 Å². The van der Waals surface area contributed by atoms with Gasteiger partial charge in [-0.3, -0.25) is 0 Å². The molecule has 0 atom stereocenters. The summed E-state index contributed by atoms with van der Waals surface area (Å²) in [4.78, 5) is 6.93. The van der Waals surface area contributed by atoms with Gasteiger partial charge in [-0.15, -0.1) is 0 Å². The van der Waals surface area contributed by atoms with Gasteiger partial charge in [0.2, 0.25) is 0 Å². The molecule has 0 aliphatic heterocycles. The number of pyridine rings is 1. The number of halogens is 3. The Kier molecular flexibility index (Phi) is 7.98. The molecular formula is C31H29Cl2FN4. The Bertz CT molecular complexity index is 1620. The van der Waals surface area contributed by atoms with Crippen LogP contribution in [0, 0.1) is 5.82 Å². The topological polar surface area (TPSA) is 33.1 Å². The molecule has 1 N–H and O–H groups in total. The van der Waals surface area contributed by atoms with Crippen LogP contribution in [-0.4, -0.2) is 41.6 Å². The van der Waals surface area contributed by atoms with Crippen LogP contribution < -0.4 is 5.32 Å². The summed E-state index contributed by atoms with van der Waals surface area (Å²) >= 11 is 12.7. The standard InChI is InChI=1S/C31H29Cl2FN4/c1-37(2)16-6-15-35-29-18-24(36-28-14-12-23(34)17-26(28)29)13-11-21-19-38(30-10-4-3-8-25(21)30)20-22-7-5-9-27(32)31(22)33/h3-5,7-14,17-19H,6,15-16,20H2,1-2H3,(H,35,36)/b13-11+. The van der Waals surface area contributed by atoms with Crippen molar-refractivity contribution in [3.05, 3.63) is 106 Å². The van der Waals surface area contributed by atoms with Gasteiger partial charge in [-0.1, -0.05) is 59.6 Å². The molecular weight excluding hydrogens is 518 g/mol. The van der Waals surface area contributed by atoms with Gasteiger partial charge in [-0.25, -0.2) is 9.37 Å². The van der Waals surface area contributed by atoms with E-state index in [4.69, 9.17) is 28.2 Å². The SMILES string of the molecule is CN(C)CCCNc1cc(/C=C/c2cn(Cc3cccc(Cl)c3Cl)c3ccccc23)nc2ccc(F)cc12. The van der Waals surface area contributed by atoms with Crippen molar-refractivity contribution in [3.8, 4) is 0 Å². The van der Waals surface area contributed by atoms with E-state index in [-0.39, 0.29) is 5.82 Å². The predicted molar refractivity (Wildman–Crippen MR) is 160 cm³/mol. The lowest BCUT2D eigenvalue weighted by molar-refractivity contribution is 0.405. The minimum absolute atomic E-state index is 0.272. The van der Waals surface area contributed by atoms with Crippen LogP contribution in [0.2, 0.25) is 10.0 Å². The molecule has 3 aromatic carbocycles. The third-order valence-electron chi connectivity index (χ3n) is 6.51. The van der Waals surface area contributed by atoms with E-state index >= 15 is 0 Å². The second kappa shape index (κ2) is 11.6. The van der Waals surface area contributed by atoms with E-state index in [1.807, 2.05) is 36.4 Å². The minimum Gasteiger partial charge on any atom is -0.384 e. The molecule has 0 fully saturated rings. The highest BCUT2D eigenvalue weighted by molar-refractivity contribution is 6.42. The molecule has 0 saturated heterocycles. The highest BCUT2D eigenvalue weighted by Crippen LogP contribution is 2.30. The lowest BCUT2D eigenvalue weighted by atomic mass is 10.1. The Morgan fingerprint density at radius 2 is 1.82 bits per heavy atom. The largest absolute Gasteiger partial charge is 0.384 e. The molecule has 5 aromatic rings.